The van der Waals surface area contributed by atoms with E-state index in [1.54, 1.807) is 0 Å². The molecule has 2 aliphatic rings. The Labute approximate surface area is 116 Å². The maximum Gasteiger partial charge on any atom is 0.225 e. The zero-order valence-electron chi connectivity index (χ0n) is 12.4. The van der Waals surface area contributed by atoms with Crippen molar-refractivity contribution in [2.45, 2.75) is 58.2 Å². The number of ether oxygens (including phenoxy) is 1. The van der Waals surface area contributed by atoms with Gasteiger partial charge in [0.05, 0.1) is 18.3 Å². The zero-order chi connectivity index (χ0) is 14.0. The number of rotatable bonds is 2. The lowest BCUT2D eigenvalue weighted by Gasteiger charge is -2.43. The van der Waals surface area contributed by atoms with Crippen molar-refractivity contribution in [2.24, 2.45) is 11.8 Å². The molecule has 4 nitrogen and oxygen atoms in total. The fraction of sp³-hybridized carbons (Fsp3) is 0.933. The van der Waals surface area contributed by atoms with Crippen molar-refractivity contribution in [3.63, 3.8) is 0 Å². The van der Waals surface area contributed by atoms with Crippen LogP contribution in [0.2, 0.25) is 0 Å². The number of carbonyl (C=O) groups excluding carboxylic acids is 1. The highest BCUT2D eigenvalue weighted by Gasteiger charge is 2.37. The van der Waals surface area contributed by atoms with Crippen LogP contribution in [0.25, 0.3) is 0 Å². The van der Waals surface area contributed by atoms with E-state index in [0.29, 0.717) is 13.1 Å². The molecule has 1 heterocycles. The van der Waals surface area contributed by atoms with E-state index in [2.05, 4.69) is 6.92 Å². The predicted octanol–water partition coefficient (Wildman–Crippen LogP) is 1.81. The highest BCUT2D eigenvalue weighted by atomic mass is 16.5. The number of hydrogen-bond acceptors (Lipinski definition) is 3. The summed E-state index contributed by atoms with van der Waals surface area (Å²) in [5.41, 5.74) is -0.358. The molecule has 1 amide bonds. The molecule has 2 fully saturated rings. The third-order valence-electron chi connectivity index (χ3n) is 4.36. The molecule has 1 saturated heterocycles. The Balaban J connectivity index is 1.98. The molecule has 0 bridgehead atoms. The molecule has 1 unspecified atom stereocenters. The van der Waals surface area contributed by atoms with Crippen LogP contribution in [0.3, 0.4) is 0 Å². The molecule has 0 radical (unpaired) electrons. The number of carbonyl (C=O) groups is 1. The van der Waals surface area contributed by atoms with Crippen molar-refractivity contribution in [1.82, 2.24) is 4.90 Å². The summed E-state index contributed by atoms with van der Waals surface area (Å²) in [6, 6.07) is 0. The maximum absolute atomic E-state index is 12.6. The summed E-state index contributed by atoms with van der Waals surface area (Å²) >= 11 is 0. The van der Waals surface area contributed by atoms with Gasteiger partial charge >= 0.3 is 0 Å². The first-order chi connectivity index (χ1) is 8.91. The molecule has 1 atom stereocenters. The number of morpholine rings is 1. The minimum atomic E-state index is -0.358. The summed E-state index contributed by atoms with van der Waals surface area (Å²) in [5, 5.41) is 9.30. The van der Waals surface area contributed by atoms with Crippen LogP contribution >= 0.6 is 0 Å². The van der Waals surface area contributed by atoms with E-state index in [4.69, 9.17) is 4.74 Å². The van der Waals surface area contributed by atoms with E-state index in [9.17, 15) is 9.90 Å². The van der Waals surface area contributed by atoms with E-state index < -0.39 is 0 Å². The van der Waals surface area contributed by atoms with Gasteiger partial charge in [-0.3, -0.25) is 4.79 Å². The molecular formula is C15H27NO3. The minimum absolute atomic E-state index is 0.0189. The third kappa shape index (κ3) is 3.69. The fourth-order valence-corrected chi connectivity index (χ4v) is 3.32. The first-order valence-corrected chi connectivity index (χ1v) is 7.49. The predicted molar refractivity (Wildman–Crippen MR) is 73.7 cm³/mol. The Kier molecular flexibility index (Phi) is 4.51. The molecule has 19 heavy (non-hydrogen) atoms. The molecule has 0 aromatic heterocycles. The van der Waals surface area contributed by atoms with Crippen molar-refractivity contribution in [3.05, 3.63) is 0 Å². The highest BCUT2D eigenvalue weighted by molar-refractivity contribution is 5.79. The summed E-state index contributed by atoms with van der Waals surface area (Å²) in [6.07, 6.45) is 4.11. The van der Waals surface area contributed by atoms with E-state index in [0.717, 1.165) is 31.6 Å². The van der Waals surface area contributed by atoms with Gasteiger partial charge in [-0.25, -0.2) is 0 Å². The standard InChI is InChI=1S/C15H27NO3/c1-11-4-6-12(7-5-11)14(18)16-8-13(9-17)19-15(2,3)10-16/h11-13,17H,4-10H2,1-3H3. The average molecular weight is 269 g/mol. The van der Waals surface area contributed by atoms with Gasteiger partial charge in [0.25, 0.3) is 0 Å². The van der Waals surface area contributed by atoms with Crippen molar-refractivity contribution < 1.29 is 14.6 Å². The molecular weight excluding hydrogens is 242 g/mol. The number of aliphatic hydroxyl groups is 1. The average Bonchev–Trinajstić information content (AvgIpc) is 2.37. The monoisotopic (exact) mass is 269 g/mol. The number of aliphatic hydroxyl groups excluding tert-OH is 1. The SMILES string of the molecule is CC1CCC(C(=O)N2CC(CO)OC(C)(C)C2)CC1. The first-order valence-electron chi connectivity index (χ1n) is 7.49. The minimum Gasteiger partial charge on any atom is -0.394 e. The van der Waals surface area contributed by atoms with E-state index in [1.165, 1.54) is 0 Å². The molecule has 1 saturated carbocycles. The fourth-order valence-electron chi connectivity index (χ4n) is 3.32. The van der Waals surface area contributed by atoms with Crippen molar-refractivity contribution >= 4 is 5.91 Å². The summed E-state index contributed by atoms with van der Waals surface area (Å²) in [5.74, 6) is 1.21. The molecule has 0 aromatic rings. The van der Waals surface area contributed by atoms with Gasteiger partial charge in [-0.15, -0.1) is 0 Å². The van der Waals surface area contributed by atoms with Crippen molar-refractivity contribution in [3.8, 4) is 0 Å². The number of amides is 1. The van der Waals surface area contributed by atoms with Gasteiger partial charge in [0.2, 0.25) is 5.91 Å². The van der Waals surface area contributed by atoms with Gasteiger partial charge in [-0.05, 0) is 45.4 Å². The molecule has 1 N–H and O–H groups in total. The Morgan fingerprint density at radius 1 is 1.32 bits per heavy atom. The Morgan fingerprint density at radius 3 is 2.53 bits per heavy atom. The van der Waals surface area contributed by atoms with Crippen molar-refractivity contribution in [2.75, 3.05) is 19.7 Å². The summed E-state index contributed by atoms with van der Waals surface area (Å²) < 4.78 is 5.76. The van der Waals surface area contributed by atoms with E-state index >= 15 is 0 Å². The Morgan fingerprint density at radius 2 is 1.95 bits per heavy atom. The van der Waals surface area contributed by atoms with Crippen LogP contribution < -0.4 is 0 Å². The normalized spacial score (nSPS) is 35.2. The summed E-state index contributed by atoms with van der Waals surface area (Å²) in [6.45, 7) is 7.38. The van der Waals surface area contributed by atoms with Crippen LogP contribution in [0.5, 0.6) is 0 Å². The summed E-state index contributed by atoms with van der Waals surface area (Å²) in [4.78, 5) is 14.5. The van der Waals surface area contributed by atoms with Gasteiger partial charge in [0.1, 0.15) is 0 Å². The van der Waals surface area contributed by atoms with Gasteiger partial charge in [0, 0.05) is 19.0 Å². The zero-order valence-corrected chi connectivity index (χ0v) is 12.4. The lowest BCUT2D eigenvalue weighted by atomic mass is 9.82. The largest absolute Gasteiger partial charge is 0.394 e. The van der Waals surface area contributed by atoms with Crippen LogP contribution in [0.1, 0.15) is 46.5 Å². The molecule has 0 spiro atoms. The summed E-state index contributed by atoms with van der Waals surface area (Å²) in [7, 11) is 0. The smallest absolute Gasteiger partial charge is 0.225 e. The van der Waals surface area contributed by atoms with Gasteiger partial charge < -0.3 is 14.7 Å². The van der Waals surface area contributed by atoms with Crippen LogP contribution in [0.15, 0.2) is 0 Å². The number of nitrogens with zero attached hydrogens (tertiary/aromatic N) is 1. The maximum atomic E-state index is 12.6. The van der Waals surface area contributed by atoms with Gasteiger partial charge in [0.15, 0.2) is 0 Å². The molecule has 1 aliphatic carbocycles. The van der Waals surface area contributed by atoms with E-state index in [-0.39, 0.29) is 30.1 Å². The lowest BCUT2D eigenvalue weighted by molar-refractivity contribution is -0.170. The van der Waals surface area contributed by atoms with Gasteiger partial charge in [-0.2, -0.15) is 0 Å². The third-order valence-corrected chi connectivity index (χ3v) is 4.36. The van der Waals surface area contributed by atoms with E-state index in [1.807, 2.05) is 18.7 Å². The highest BCUT2D eigenvalue weighted by Crippen LogP contribution is 2.31. The van der Waals surface area contributed by atoms with Gasteiger partial charge in [-0.1, -0.05) is 6.92 Å². The molecule has 2 rings (SSSR count). The van der Waals surface area contributed by atoms with Crippen LogP contribution in [0, 0.1) is 11.8 Å². The molecule has 4 heteroatoms. The molecule has 1 aliphatic heterocycles. The first kappa shape index (κ1) is 14.8. The molecule has 0 aromatic carbocycles. The second-order valence-electron chi connectivity index (χ2n) is 6.86. The lowest BCUT2D eigenvalue weighted by Crippen LogP contribution is -2.56. The molecule has 110 valence electrons. The topological polar surface area (TPSA) is 49.8 Å². The van der Waals surface area contributed by atoms with Crippen molar-refractivity contribution in [1.29, 1.82) is 0 Å². The van der Waals surface area contributed by atoms with Crippen LogP contribution in [-0.2, 0) is 9.53 Å². The number of hydrogen-bond donors (Lipinski definition) is 1. The van der Waals surface area contributed by atoms with Crippen LogP contribution in [-0.4, -0.2) is 47.3 Å². The Hall–Kier alpha value is -0.610. The second kappa shape index (κ2) is 5.80. The quantitative estimate of drug-likeness (QED) is 0.832. The Bertz CT molecular complexity index is 321. The second-order valence-corrected chi connectivity index (χ2v) is 6.86. The van der Waals surface area contributed by atoms with Crippen LogP contribution in [0.4, 0.5) is 0 Å².